The van der Waals surface area contributed by atoms with Crippen LogP contribution < -0.4 is 10.2 Å². The summed E-state index contributed by atoms with van der Waals surface area (Å²) >= 11 is 5.86. The van der Waals surface area contributed by atoms with E-state index in [0.717, 1.165) is 11.1 Å². The van der Waals surface area contributed by atoms with Gasteiger partial charge in [0.05, 0.1) is 19.1 Å². The molecular weight excluding hydrogens is 344 g/mol. The number of nitrogens with zero attached hydrogens (tertiary/aromatic N) is 1. The Kier molecular flexibility index (Phi) is 5.27. The number of hydrogen-bond donors (Lipinski definition) is 1. The number of aryl methyl sites for hydroxylation is 1. The number of aromatic nitrogens is 1. The molecule has 0 amide bonds. The van der Waals surface area contributed by atoms with Gasteiger partial charge in [-0.25, -0.2) is 4.98 Å². The standard InChI is InChI=1S/C17H17BClNO5/c1-3-23-16(21)9-14-17-10(2)6-12(7-13(17)18(22)25-14)24-11-4-5-20-15(19)8-11/h4-8,14,22H,3,9H2,1-2H3. The quantitative estimate of drug-likeness (QED) is 0.501. The van der Waals surface area contributed by atoms with E-state index in [9.17, 15) is 9.82 Å². The Morgan fingerprint density at radius 3 is 2.92 bits per heavy atom. The highest BCUT2D eigenvalue weighted by Gasteiger charge is 2.38. The van der Waals surface area contributed by atoms with Gasteiger partial charge >= 0.3 is 13.1 Å². The van der Waals surface area contributed by atoms with Crippen LogP contribution in [0.2, 0.25) is 5.15 Å². The Morgan fingerprint density at radius 1 is 1.40 bits per heavy atom. The van der Waals surface area contributed by atoms with E-state index < -0.39 is 13.2 Å². The molecule has 0 aliphatic carbocycles. The van der Waals surface area contributed by atoms with Gasteiger partial charge in [0.2, 0.25) is 0 Å². The number of pyridine rings is 1. The third kappa shape index (κ3) is 3.95. The van der Waals surface area contributed by atoms with E-state index in [-0.39, 0.29) is 12.4 Å². The SMILES string of the molecule is CCOC(=O)CC1OB(O)c2cc(Oc3ccnc(Cl)c3)cc(C)c21. The topological polar surface area (TPSA) is 77.9 Å². The maximum absolute atomic E-state index is 11.7. The molecule has 0 fully saturated rings. The first-order chi connectivity index (χ1) is 12.0. The van der Waals surface area contributed by atoms with Crippen molar-refractivity contribution in [1.29, 1.82) is 0 Å². The van der Waals surface area contributed by atoms with Gasteiger partial charge in [-0.1, -0.05) is 11.6 Å². The fourth-order valence-electron chi connectivity index (χ4n) is 2.90. The van der Waals surface area contributed by atoms with Crippen molar-refractivity contribution in [3.63, 3.8) is 0 Å². The van der Waals surface area contributed by atoms with E-state index in [0.29, 0.717) is 28.7 Å². The molecule has 1 atom stereocenters. The second-order valence-corrected chi connectivity index (χ2v) is 6.03. The molecule has 3 rings (SSSR count). The first kappa shape index (κ1) is 17.7. The number of carbonyl (C=O) groups excluding carboxylic acids is 1. The molecule has 1 aromatic heterocycles. The summed E-state index contributed by atoms with van der Waals surface area (Å²) in [5, 5.41) is 10.5. The van der Waals surface area contributed by atoms with E-state index in [1.165, 1.54) is 0 Å². The Bertz CT molecular complexity index is 801. The second kappa shape index (κ2) is 7.43. The lowest BCUT2D eigenvalue weighted by Crippen LogP contribution is -2.28. The van der Waals surface area contributed by atoms with Crippen molar-refractivity contribution >= 4 is 30.2 Å². The molecule has 6 nitrogen and oxygen atoms in total. The fraction of sp³-hybridized carbons (Fsp3) is 0.294. The van der Waals surface area contributed by atoms with Crippen LogP contribution in [-0.4, -0.2) is 29.7 Å². The van der Waals surface area contributed by atoms with Gasteiger partial charge < -0.3 is 19.2 Å². The zero-order chi connectivity index (χ0) is 18.0. The number of esters is 1. The van der Waals surface area contributed by atoms with Gasteiger partial charge in [-0.15, -0.1) is 0 Å². The molecular formula is C17H17BClNO5. The summed E-state index contributed by atoms with van der Waals surface area (Å²) in [6.07, 6.45) is 1.07. The van der Waals surface area contributed by atoms with Gasteiger partial charge in [0, 0.05) is 12.3 Å². The Labute approximate surface area is 150 Å². The third-order valence-corrected chi connectivity index (χ3v) is 4.07. The average molecular weight is 362 g/mol. The molecule has 0 bridgehead atoms. The molecule has 0 saturated carbocycles. The normalized spacial score (nSPS) is 15.8. The minimum atomic E-state index is -1.11. The first-order valence-electron chi connectivity index (χ1n) is 7.91. The molecule has 2 heterocycles. The molecule has 1 aliphatic rings. The van der Waals surface area contributed by atoms with Gasteiger partial charge in [-0.2, -0.15) is 0 Å². The summed E-state index contributed by atoms with van der Waals surface area (Å²) in [5.41, 5.74) is 2.24. The maximum atomic E-state index is 11.7. The molecule has 0 spiro atoms. The van der Waals surface area contributed by atoms with E-state index in [1.54, 1.807) is 31.3 Å². The summed E-state index contributed by atoms with van der Waals surface area (Å²) in [5.74, 6) is 0.715. The number of ether oxygens (including phenoxy) is 2. The highest BCUT2D eigenvalue weighted by Crippen LogP contribution is 2.33. The molecule has 0 radical (unpaired) electrons. The minimum Gasteiger partial charge on any atom is -0.466 e. The molecule has 0 saturated heterocycles. The zero-order valence-electron chi connectivity index (χ0n) is 13.9. The Hall–Kier alpha value is -2.09. The molecule has 25 heavy (non-hydrogen) atoms. The molecule has 1 aromatic carbocycles. The molecule has 1 aliphatic heterocycles. The van der Waals surface area contributed by atoms with Crippen molar-refractivity contribution < 1.29 is 23.9 Å². The summed E-state index contributed by atoms with van der Waals surface area (Å²) in [4.78, 5) is 15.6. The van der Waals surface area contributed by atoms with Crippen molar-refractivity contribution in [2.45, 2.75) is 26.4 Å². The van der Waals surface area contributed by atoms with Crippen molar-refractivity contribution in [2.24, 2.45) is 0 Å². The predicted molar refractivity (Wildman–Crippen MR) is 93.2 cm³/mol. The van der Waals surface area contributed by atoms with Gasteiger partial charge in [-0.3, -0.25) is 4.79 Å². The van der Waals surface area contributed by atoms with E-state index in [1.807, 2.05) is 13.0 Å². The summed E-state index contributed by atoms with van der Waals surface area (Å²) in [7, 11) is -1.11. The van der Waals surface area contributed by atoms with E-state index in [2.05, 4.69) is 4.98 Å². The van der Waals surface area contributed by atoms with E-state index in [4.69, 9.17) is 25.7 Å². The lowest BCUT2D eigenvalue weighted by atomic mass is 9.77. The van der Waals surface area contributed by atoms with Crippen LogP contribution in [0.4, 0.5) is 0 Å². The van der Waals surface area contributed by atoms with Gasteiger partial charge in [0.15, 0.2) is 0 Å². The Morgan fingerprint density at radius 2 is 2.20 bits per heavy atom. The smallest absolute Gasteiger partial charge is 0.466 e. The molecule has 8 heteroatoms. The van der Waals surface area contributed by atoms with Gasteiger partial charge in [0.25, 0.3) is 0 Å². The lowest BCUT2D eigenvalue weighted by Gasteiger charge is -2.14. The number of fused-ring (bicyclic) bond motifs is 1. The maximum Gasteiger partial charge on any atom is 0.492 e. The molecule has 1 unspecified atom stereocenters. The zero-order valence-corrected chi connectivity index (χ0v) is 14.6. The largest absolute Gasteiger partial charge is 0.492 e. The lowest BCUT2D eigenvalue weighted by molar-refractivity contribution is -0.145. The Balaban J connectivity index is 1.86. The predicted octanol–water partition coefficient (Wildman–Crippen LogP) is 2.55. The summed E-state index contributed by atoms with van der Waals surface area (Å²) < 4.78 is 16.3. The number of rotatable bonds is 5. The van der Waals surface area contributed by atoms with Crippen molar-refractivity contribution in [2.75, 3.05) is 6.61 Å². The van der Waals surface area contributed by atoms with Gasteiger partial charge in [-0.05, 0) is 48.6 Å². The number of carbonyl (C=O) groups is 1. The van der Waals surface area contributed by atoms with Crippen LogP contribution in [0, 0.1) is 6.92 Å². The summed E-state index contributed by atoms with van der Waals surface area (Å²) in [6, 6.07) is 6.81. The van der Waals surface area contributed by atoms with Gasteiger partial charge in [0.1, 0.15) is 16.7 Å². The van der Waals surface area contributed by atoms with Crippen LogP contribution in [0.25, 0.3) is 0 Å². The number of halogens is 1. The fourth-order valence-corrected chi connectivity index (χ4v) is 3.06. The monoisotopic (exact) mass is 361 g/mol. The second-order valence-electron chi connectivity index (χ2n) is 5.65. The van der Waals surface area contributed by atoms with Crippen molar-refractivity contribution in [1.82, 2.24) is 4.98 Å². The average Bonchev–Trinajstić information content (AvgIpc) is 2.84. The number of hydrogen-bond acceptors (Lipinski definition) is 6. The number of benzene rings is 1. The van der Waals surface area contributed by atoms with Crippen LogP contribution in [0.3, 0.4) is 0 Å². The molecule has 130 valence electrons. The van der Waals surface area contributed by atoms with Crippen molar-refractivity contribution in [3.8, 4) is 11.5 Å². The molecule has 2 aromatic rings. The van der Waals surface area contributed by atoms with Crippen LogP contribution in [0.5, 0.6) is 11.5 Å². The highest BCUT2D eigenvalue weighted by molar-refractivity contribution is 6.62. The summed E-state index contributed by atoms with van der Waals surface area (Å²) in [6.45, 7) is 3.93. The minimum absolute atomic E-state index is 0.0545. The van der Waals surface area contributed by atoms with Crippen LogP contribution in [-0.2, 0) is 14.2 Å². The third-order valence-electron chi connectivity index (χ3n) is 3.86. The van der Waals surface area contributed by atoms with E-state index >= 15 is 0 Å². The first-order valence-corrected chi connectivity index (χ1v) is 8.28. The van der Waals surface area contributed by atoms with Crippen molar-refractivity contribution in [3.05, 3.63) is 46.7 Å². The van der Waals surface area contributed by atoms with Crippen LogP contribution >= 0.6 is 11.6 Å². The van der Waals surface area contributed by atoms with Crippen LogP contribution in [0.15, 0.2) is 30.5 Å². The highest BCUT2D eigenvalue weighted by atomic mass is 35.5. The molecule has 1 N–H and O–H groups in total. The van der Waals surface area contributed by atoms with Crippen LogP contribution in [0.1, 0.15) is 30.6 Å².